The molecule has 0 aliphatic heterocycles. The number of nitriles is 1. The summed E-state index contributed by atoms with van der Waals surface area (Å²) in [4.78, 5) is 3.93. The summed E-state index contributed by atoms with van der Waals surface area (Å²) in [5.41, 5.74) is 1.03. The monoisotopic (exact) mass is 188 g/mol. The van der Waals surface area contributed by atoms with Gasteiger partial charge < -0.3 is 4.74 Å². The zero-order valence-electron chi connectivity index (χ0n) is 8.32. The summed E-state index contributed by atoms with van der Waals surface area (Å²) in [7, 11) is 0. The smallest absolute Gasteiger partial charge is 0.131 e. The van der Waals surface area contributed by atoms with Crippen molar-refractivity contribution < 1.29 is 4.74 Å². The van der Waals surface area contributed by atoms with Gasteiger partial charge >= 0.3 is 0 Å². The summed E-state index contributed by atoms with van der Waals surface area (Å²) in [6, 6.07) is 3.71. The maximum Gasteiger partial charge on any atom is 0.131 e. The van der Waals surface area contributed by atoms with E-state index in [-0.39, 0.29) is 6.10 Å². The van der Waals surface area contributed by atoms with Gasteiger partial charge in [0.25, 0.3) is 0 Å². The van der Waals surface area contributed by atoms with Crippen LogP contribution in [0.1, 0.15) is 19.4 Å². The van der Waals surface area contributed by atoms with E-state index in [0.717, 1.165) is 0 Å². The summed E-state index contributed by atoms with van der Waals surface area (Å²) in [5, 5.41) is 8.71. The molecule has 1 rings (SSSR count). The molecule has 0 radical (unpaired) electrons. The molecule has 0 aromatic carbocycles. The summed E-state index contributed by atoms with van der Waals surface area (Å²) in [5.74, 6) is 0.654. The van der Waals surface area contributed by atoms with E-state index in [4.69, 9.17) is 10.00 Å². The van der Waals surface area contributed by atoms with Crippen molar-refractivity contribution in [3.63, 3.8) is 0 Å². The first-order chi connectivity index (χ1) is 6.65. The molecule has 1 heterocycles. The molecule has 1 aromatic heterocycles. The fraction of sp³-hybridized carbons (Fsp3) is 0.273. The van der Waals surface area contributed by atoms with Crippen molar-refractivity contribution in [1.82, 2.24) is 4.98 Å². The van der Waals surface area contributed by atoms with Crippen LogP contribution in [0.15, 0.2) is 25.0 Å². The molecule has 1 aromatic rings. The predicted octanol–water partition coefficient (Wildman–Crippen LogP) is 2.41. The van der Waals surface area contributed by atoms with Crippen LogP contribution < -0.4 is 4.74 Å². The van der Waals surface area contributed by atoms with Crippen molar-refractivity contribution in [3.05, 3.63) is 30.6 Å². The Morgan fingerprint density at radius 3 is 2.93 bits per heavy atom. The number of hydrogen-bond acceptors (Lipinski definition) is 3. The number of aromatic nitrogens is 1. The molecule has 0 saturated heterocycles. The van der Waals surface area contributed by atoms with Crippen LogP contribution in [0.4, 0.5) is 0 Å². The van der Waals surface area contributed by atoms with Gasteiger partial charge in [-0.05, 0) is 19.9 Å². The summed E-state index contributed by atoms with van der Waals surface area (Å²) < 4.78 is 5.52. The minimum atomic E-state index is 0.0719. The van der Waals surface area contributed by atoms with Crippen molar-refractivity contribution in [3.8, 4) is 11.8 Å². The second-order valence-electron chi connectivity index (χ2n) is 3.13. The van der Waals surface area contributed by atoms with Crippen LogP contribution in [-0.4, -0.2) is 11.1 Å². The Kier molecular flexibility index (Phi) is 3.24. The number of ether oxygens (including phenoxy) is 1. The molecule has 0 aliphatic rings. The van der Waals surface area contributed by atoms with Crippen LogP contribution in [0.2, 0.25) is 0 Å². The first kappa shape index (κ1) is 10.3. The van der Waals surface area contributed by atoms with Crippen LogP contribution in [0.3, 0.4) is 0 Å². The van der Waals surface area contributed by atoms with Crippen molar-refractivity contribution in [2.24, 2.45) is 0 Å². The highest BCUT2D eigenvalue weighted by Gasteiger charge is 2.07. The second-order valence-corrected chi connectivity index (χ2v) is 3.13. The van der Waals surface area contributed by atoms with Crippen molar-refractivity contribution in [1.29, 1.82) is 5.26 Å². The molecule has 0 atom stereocenters. The largest absolute Gasteiger partial charge is 0.490 e. The topological polar surface area (TPSA) is 45.9 Å². The highest BCUT2D eigenvalue weighted by molar-refractivity contribution is 5.77. The minimum Gasteiger partial charge on any atom is -0.490 e. The Hall–Kier alpha value is -1.82. The summed E-state index contributed by atoms with van der Waals surface area (Å²) in [6.07, 6.45) is 3.29. The van der Waals surface area contributed by atoms with Crippen molar-refractivity contribution in [2.75, 3.05) is 0 Å². The molecule has 0 spiro atoms. The van der Waals surface area contributed by atoms with Crippen LogP contribution in [0.25, 0.3) is 5.57 Å². The Balaban J connectivity index is 3.04. The first-order valence-electron chi connectivity index (χ1n) is 4.35. The summed E-state index contributed by atoms with van der Waals surface area (Å²) >= 11 is 0. The fourth-order valence-corrected chi connectivity index (χ4v) is 1.03. The molecule has 72 valence electrons. The van der Waals surface area contributed by atoms with Gasteiger partial charge in [0.05, 0.1) is 23.3 Å². The Bertz CT molecular complexity index is 377. The third kappa shape index (κ3) is 2.33. The molecular formula is C11H12N2O. The first-order valence-corrected chi connectivity index (χ1v) is 4.35. The van der Waals surface area contributed by atoms with E-state index in [1.165, 1.54) is 0 Å². The molecule has 3 heteroatoms. The van der Waals surface area contributed by atoms with Gasteiger partial charge in [-0.3, -0.25) is 4.98 Å². The average molecular weight is 188 g/mol. The lowest BCUT2D eigenvalue weighted by atomic mass is 10.1. The zero-order valence-corrected chi connectivity index (χ0v) is 8.32. The number of rotatable bonds is 3. The Morgan fingerprint density at radius 1 is 1.64 bits per heavy atom. The molecular weight excluding hydrogens is 176 g/mol. The minimum absolute atomic E-state index is 0.0719. The Labute approximate surface area is 83.7 Å². The molecule has 14 heavy (non-hydrogen) atoms. The van der Waals surface area contributed by atoms with Gasteiger partial charge in [0, 0.05) is 12.4 Å². The predicted molar refractivity (Wildman–Crippen MR) is 54.6 cm³/mol. The standard InChI is InChI=1S/C11H12N2O/c1-8(2)14-11-4-5-13-7-10(11)9(3)6-12/h4-5,7-8H,3H2,1-2H3. The molecule has 0 saturated carbocycles. The summed E-state index contributed by atoms with van der Waals surface area (Å²) in [6.45, 7) is 7.49. The molecule has 3 nitrogen and oxygen atoms in total. The molecule has 0 aliphatic carbocycles. The third-order valence-corrected chi connectivity index (χ3v) is 1.60. The van der Waals surface area contributed by atoms with Gasteiger partial charge in [0.15, 0.2) is 0 Å². The van der Waals surface area contributed by atoms with E-state index in [1.54, 1.807) is 18.5 Å². The maximum absolute atomic E-state index is 8.71. The SMILES string of the molecule is C=C(C#N)c1cnccc1OC(C)C. The lowest BCUT2D eigenvalue weighted by Gasteiger charge is -2.12. The van der Waals surface area contributed by atoms with E-state index in [2.05, 4.69) is 11.6 Å². The Morgan fingerprint density at radius 2 is 2.36 bits per heavy atom. The normalized spacial score (nSPS) is 9.57. The zero-order chi connectivity index (χ0) is 10.6. The van der Waals surface area contributed by atoms with E-state index in [9.17, 15) is 0 Å². The van der Waals surface area contributed by atoms with Gasteiger partial charge in [0.1, 0.15) is 5.75 Å². The molecule has 0 amide bonds. The van der Waals surface area contributed by atoms with Gasteiger partial charge in [-0.1, -0.05) is 6.58 Å². The van der Waals surface area contributed by atoms with E-state index in [0.29, 0.717) is 16.9 Å². The van der Waals surface area contributed by atoms with E-state index >= 15 is 0 Å². The number of pyridine rings is 1. The molecule has 0 N–H and O–H groups in total. The maximum atomic E-state index is 8.71. The lowest BCUT2D eigenvalue weighted by Crippen LogP contribution is -2.07. The number of nitrogens with zero attached hydrogens (tertiary/aromatic N) is 2. The molecule has 0 unspecified atom stereocenters. The third-order valence-electron chi connectivity index (χ3n) is 1.60. The van der Waals surface area contributed by atoms with Crippen LogP contribution in [0, 0.1) is 11.3 Å². The van der Waals surface area contributed by atoms with Gasteiger partial charge in [-0.15, -0.1) is 0 Å². The number of hydrogen-bond donors (Lipinski definition) is 0. The van der Waals surface area contributed by atoms with Crippen molar-refractivity contribution >= 4 is 5.57 Å². The molecule has 0 fully saturated rings. The lowest BCUT2D eigenvalue weighted by molar-refractivity contribution is 0.241. The molecule has 0 bridgehead atoms. The van der Waals surface area contributed by atoms with Gasteiger partial charge in [-0.25, -0.2) is 0 Å². The quantitative estimate of drug-likeness (QED) is 0.684. The second kappa shape index (κ2) is 4.43. The fourth-order valence-electron chi connectivity index (χ4n) is 1.03. The van der Waals surface area contributed by atoms with Crippen LogP contribution in [0.5, 0.6) is 5.75 Å². The number of allylic oxidation sites excluding steroid dienone is 1. The average Bonchev–Trinajstić information content (AvgIpc) is 2.16. The highest BCUT2D eigenvalue weighted by atomic mass is 16.5. The van der Waals surface area contributed by atoms with Gasteiger partial charge in [-0.2, -0.15) is 5.26 Å². The van der Waals surface area contributed by atoms with Crippen LogP contribution >= 0.6 is 0 Å². The van der Waals surface area contributed by atoms with Gasteiger partial charge in [0.2, 0.25) is 0 Å². The van der Waals surface area contributed by atoms with E-state index < -0.39 is 0 Å². The van der Waals surface area contributed by atoms with Crippen molar-refractivity contribution in [2.45, 2.75) is 20.0 Å². The van der Waals surface area contributed by atoms with E-state index in [1.807, 2.05) is 19.9 Å². The highest BCUT2D eigenvalue weighted by Crippen LogP contribution is 2.23. The van der Waals surface area contributed by atoms with Crippen LogP contribution in [-0.2, 0) is 0 Å².